The molecule has 0 saturated heterocycles. The van der Waals surface area contributed by atoms with Crippen LogP contribution in [0.15, 0.2) is 18.3 Å². The van der Waals surface area contributed by atoms with Crippen LogP contribution in [0.4, 0.5) is 13.2 Å². The third-order valence-corrected chi connectivity index (χ3v) is 1.66. The summed E-state index contributed by atoms with van der Waals surface area (Å²) in [6.07, 6.45) is -3.23. The summed E-state index contributed by atoms with van der Waals surface area (Å²) in [6.45, 7) is 0. The number of rotatable bonds is 0. The van der Waals surface area contributed by atoms with E-state index in [2.05, 4.69) is 0 Å². The molecule has 0 unspecified atom stereocenters. The summed E-state index contributed by atoms with van der Waals surface area (Å²) in [5.74, 6) is 5.10. The van der Waals surface area contributed by atoms with E-state index in [1.807, 2.05) is 0 Å². The number of nitrogen functional groups attached to an aromatic ring is 1. The van der Waals surface area contributed by atoms with Gasteiger partial charge in [0.05, 0.1) is 0 Å². The smallest absolute Gasteiger partial charge is 0.204 e. The van der Waals surface area contributed by atoms with E-state index in [1.54, 1.807) is 0 Å². The highest BCUT2D eigenvalue weighted by molar-refractivity contribution is 6.29. The minimum atomic E-state index is -4.46. The van der Waals surface area contributed by atoms with Gasteiger partial charge in [-0.1, -0.05) is 4.68 Å². The van der Waals surface area contributed by atoms with Gasteiger partial charge in [0.1, 0.15) is 5.56 Å². The summed E-state index contributed by atoms with van der Waals surface area (Å²) < 4.78 is 36.9. The second-order valence-electron chi connectivity index (χ2n) is 2.12. The van der Waals surface area contributed by atoms with Crippen LogP contribution in [0.2, 0.25) is 5.15 Å². The van der Waals surface area contributed by atoms with E-state index >= 15 is 0 Å². The Balaban J connectivity index is 3.26. The molecule has 0 spiro atoms. The lowest BCUT2D eigenvalue weighted by Crippen LogP contribution is -2.46. The van der Waals surface area contributed by atoms with Gasteiger partial charge in [-0.05, 0) is 17.7 Å². The minimum absolute atomic E-state index is 0.523. The summed E-state index contributed by atoms with van der Waals surface area (Å²) in [5, 5.41) is -0.523. The molecule has 0 atom stereocenters. The van der Waals surface area contributed by atoms with Gasteiger partial charge < -0.3 is 0 Å². The Labute approximate surface area is 71.3 Å². The molecular weight excluding hydrogens is 193 g/mol. The fourth-order valence-corrected chi connectivity index (χ4v) is 0.943. The fourth-order valence-electron chi connectivity index (χ4n) is 0.717. The monoisotopic (exact) mass is 197 g/mol. The van der Waals surface area contributed by atoms with Crippen molar-refractivity contribution in [2.24, 2.45) is 0 Å². The summed E-state index contributed by atoms with van der Waals surface area (Å²) in [5.41, 5.74) is -0.936. The first-order chi connectivity index (χ1) is 5.43. The highest BCUT2D eigenvalue weighted by Gasteiger charge is 2.37. The molecule has 0 radical (unpaired) electrons. The number of halogens is 4. The number of aromatic nitrogens is 1. The zero-order chi connectivity index (χ0) is 9.35. The molecule has 0 aliphatic carbocycles. The minimum Gasteiger partial charge on any atom is -0.204 e. The SMILES string of the molecule is N[n+]1cccc(C(F)(F)F)c1Cl. The fraction of sp³-hybridized carbons (Fsp3) is 0.167. The summed E-state index contributed by atoms with van der Waals surface area (Å²) >= 11 is 5.30. The van der Waals surface area contributed by atoms with Crippen molar-refractivity contribution in [3.63, 3.8) is 0 Å². The van der Waals surface area contributed by atoms with Crippen LogP contribution in [-0.4, -0.2) is 0 Å². The topological polar surface area (TPSA) is 29.9 Å². The lowest BCUT2D eigenvalue weighted by atomic mass is 10.3. The standard InChI is InChI=1S/C6H5ClF3N2/c7-5-4(6(8,9)10)2-1-3-12(5)11/h1-3H,11H2/q+1. The van der Waals surface area contributed by atoms with E-state index in [0.29, 0.717) is 4.68 Å². The molecule has 0 saturated carbocycles. The van der Waals surface area contributed by atoms with Crippen LogP contribution in [0.3, 0.4) is 0 Å². The second-order valence-corrected chi connectivity index (χ2v) is 2.48. The number of hydrogen-bond acceptors (Lipinski definition) is 1. The van der Waals surface area contributed by atoms with E-state index in [1.165, 1.54) is 12.3 Å². The Morgan fingerprint density at radius 2 is 2.00 bits per heavy atom. The van der Waals surface area contributed by atoms with Crippen molar-refractivity contribution >= 4 is 11.6 Å². The molecular formula is C6H5ClF3N2+. The van der Waals surface area contributed by atoms with Crippen LogP contribution in [0.25, 0.3) is 0 Å². The third-order valence-electron chi connectivity index (χ3n) is 1.26. The van der Waals surface area contributed by atoms with Crippen LogP contribution < -0.4 is 10.5 Å². The molecule has 0 aliphatic rings. The molecule has 0 amide bonds. The van der Waals surface area contributed by atoms with Crippen molar-refractivity contribution in [3.8, 4) is 0 Å². The quantitative estimate of drug-likeness (QED) is 0.380. The predicted octanol–water partition coefficient (Wildman–Crippen LogP) is 1.36. The lowest BCUT2D eigenvalue weighted by molar-refractivity contribution is -0.637. The van der Waals surface area contributed by atoms with Crippen LogP contribution in [0.1, 0.15) is 5.56 Å². The zero-order valence-corrected chi connectivity index (χ0v) is 6.52. The largest absolute Gasteiger partial charge is 0.423 e. The molecule has 6 heteroatoms. The molecule has 2 N–H and O–H groups in total. The summed E-state index contributed by atoms with van der Waals surface area (Å²) in [6, 6.07) is 2.04. The normalized spacial score (nSPS) is 11.7. The number of nitrogens with zero attached hydrogens (tertiary/aromatic N) is 1. The number of alkyl halides is 3. The van der Waals surface area contributed by atoms with Crippen LogP contribution in [0.5, 0.6) is 0 Å². The van der Waals surface area contributed by atoms with Crippen molar-refractivity contribution in [3.05, 3.63) is 29.0 Å². The van der Waals surface area contributed by atoms with Gasteiger partial charge >= 0.3 is 11.3 Å². The van der Waals surface area contributed by atoms with Gasteiger partial charge in [0.2, 0.25) is 6.20 Å². The molecule has 0 aliphatic heterocycles. The van der Waals surface area contributed by atoms with E-state index in [4.69, 9.17) is 17.4 Å². The maximum absolute atomic E-state index is 12.1. The Morgan fingerprint density at radius 3 is 2.42 bits per heavy atom. The van der Waals surface area contributed by atoms with Crippen molar-refractivity contribution < 1.29 is 17.8 Å². The first kappa shape index (κ1) is 9.12. The molecule has 1 rings (SSSR count). The van der Waals surface area contributed by atoms with Crippen LogP contribution in [0, 0.1) is 0 Å². The van der Waals surface area contributed by atoms with Crippen LogP contribution in [-0.2, 0) is 6.18 Å². The number of nitrogens with two attached hydrogens (primary N) is 1. The van der Waals surface area contributed by atoms with E-state index in [9.17, 15) is 13.2 Å². The number of pyridine rings is 1. The predicted molar refractivity (Wildman–Crippen MR) is 36.8 cm³/mol. The van der Waals surface area contributed by atoms with Crippen molar-refractivity contribution in [2.75, 3.05) is 5.84 Å². The molecule has 2 nitrogen and oxygen atoms in total. The molecule has 1 aromatic rings. The van der Waals surface area contributed by atoms with Gasteiger partial charge in [0.25, 0.3) is 0 Å². The Morgan fingerprint density at radius 1 is 1.42 bits per heavy atom. The molecule has 12 heavy (non-hydrogen) atoms. The van der Waals surface area contributed by atoms with Gasteiger partial charge in [0.15, 0.2) is 0 Å². The summed E-state index contributed by atoms with van der Waals surface area (Å²) in [4.78, 5) is 0. The molecule has 0 fully saturated rings. The third kappa shape index (κ3) is 1.61. The number of hydrogen-bond donors (Lipinski definition) is 1. The van der Waals surface area contributed by atoms with Gasteiger partial charge in [0, 0.05) is 6.07 Å². The lowest BCUT2D eigenvalue weighted by Gasteiger charge is -2.04. The van der Waals surface area contributed by atoms with Gasteiger partial charge in [-0.25, -0.2) is 5.84 Å². The van der Waals surface area contributed by atoms with Gasteiger partial charge in [-0.15, -0.1) is 0 Å². The van der Waals surface area contributed by atoms with Gasteiger partial charge in [-0.3, -0.25) is 0 Å². The van der Waals surface area contributed by atoms with Gasteiger partial charge in [-0.2, -0.15) is 13.2 Å². The zero-order valence-electron chi connectivity index (χ0n) is 5.77. The molecule has 0 aromatic carbocycles. The van der Waals surface area contributed by atoms with Crippen molar-refractivity contribution in [1.82, 2.24) is 0 Å². The summed E-state index contributed by atoms with van der Waals surface area (Å²) in [7, 11) is 0. The highest BCUT2D eigenvalue weighted by Crippen LogP contribution is 2.32. The van der Waals surface area contributed by atoms with E-state index < -0.39 is 16.9 Å². The first-order valence-electron chi connectivity index (χ1n) is 2.95. The highest BCUT2D eigenvalue weighted by atomic mass is 35.5. The van der Waals surface area contributed by atoms with Crippen molar-refractivity contribution in [2.45, 2.75) is 6.18 Å². The van der Waals surface area contributed by atoms with E-state index in [0.717, 1.165) is 6.07 Å². The molecule has 0 bridgehead atoms. The second kappa shape index (κ2) is 2.82. The Bertz CT molecular complexity index is 297. The molecule has 1 heterocycles. The Hall–Kier alpha value is -0.970. The van der Waals surface area contributed by atoms with Crippen LogP contribution >= 0.6 is 11.6 Å². The Kier molecular flexibility index (Phi) is 2.14. The van der Waals surface area contributed by atoms with E-state index in [-0.39, 0.29) is 0 Å². The molecule has 66 valence electrons. The maximum atomic E-state index is 12.1. The van der Waals surface area contributed by atoms with Crippen molar-refractivity contribution in [1.29, 1.82) is 0 Å². The average Bonchev–Trinajstić information content (AvgIpc) is 1.92. The molecule has 1 aromatic heterocycles. The first-order valence-corrected chi connectivity index (χ1v) is 3.33. The average molecular weight is 198 g/mol. The maximum Gasteiger partial charge on any atom is 0.423 e.